The summed E-state index contributed by atoms with van der Waals surface area (Å²) in [5, 5.41) is 30.0. The van der Waals surface area contributed by atoms with Gasteiger partial charge in [0.25, 0.3) is 11.1 Å². The van der Waals surface area contributed by atoms with Gasteiger partial charge in [-0.25, -0.2) is 55.1 Å². The number of carbonyl (C=O) groups is 2. The van der Waals surface area contributed by atoms with E-state index in [0.717, 1.165) is 104 Å². The van der Waals surface area contributed by atoms with Gasteiger partial charge in [0.2, 0.25) is 0 Å². The van der Waals surface area contributed by atoms with Crippen LogP contribution in [0.3, 0.4) is 0 Å². The first-order chi connectivity index (χ1) is 64.6. The normalized spacial score (nSPS) is 18.6. The Morgan fingerprint density at radius 1 is 0.455 bits per heavy atom. The number of aromatic hydroxyl groups is 1. The maximum atomic E-state index is 15.2. The predicted molar refractivity (Wildman–Crippen MR) is 501 cm³/mol. The number of anilines is 3. The smallest absolute Gasteiger partial charge is 0.282 e. The van der Waals surface area contributed by atoms with Gasteiger partial charge in [0.1, 0.15) is 64.7 Å². The van der Waals surface area contributed by atoms with Gasteiger partial charge in [-0.1, -0.05) is 63.0 Å². The molecule has 4 aliphatic rings. The quantitative estimate of drug-likeness (QED) is 0.0212. The topological polar surface area (TPSA) is 352 Å². The Morgan fingerprint density at radius 3 is 1.34 bits per heavy atom. The van der Waals surface area contributed by atoms with Gasteiger partial charge in [0, 0.05) is 162 Å². The summed E-state index contributed by atoms with van der Waals surface area (Å²) in [5.41, 5.74) is 7.81. The maximum Gasteiger partial charge on any atom is 0.282 e. The van der Waals surface area contributed by atoms with Gasteiger partial charge in [0.15, 0.2) is 45.6 Å². The molecule has 8 N–H and O–H groups in total. The maximum absolute atomic E-state index is 15.2. The minimum Gasteiger partial charge on any atom is -0.505 e. The van der Waals surface area contributed by atoms with Crippen LogP contribution >= 0.6 is 23.2 Å². The van der Waals surface area contributed by atoms with Gasteiger partial charge < -0.3 is 61.1 Å². The van der Waals surface area contributed by atoms with Crippen molar-refractivity contribution in [3.8, 4) is 28.6 Å². The first-order valence-corrected chi connectivity index (χ1v) is 44.3. The van der Waals surface area contributed by atoms with Crippen LogP contribution in [0.25, 0.3) is 55.0 Å². The highest BCUT2D eigenvalue weighted by molar-refractivity contribution is 6.35. The Kier molecular flexibility index (Phi) is 33.9. The lowest BCUT2D eigenvalue weighted by Gasteiger charge is -2.34. The van der Waals surface area contributed by atoms with Crippen LogP contribution in [0.15, 0.2) is 227 Å². The molecule has 14 aromatic rings. The largest absolute Gasteiger partial charge is 0.505 e. The van der Waals surface area contributed by atoms with Crippen LogP contribution in [-0.2, 0) is 12.8 Å². The summed E-state index contributed by atoms with van der Waals surface area (Å²) >= 11 is 11.7. The number of likely N-dealkylation sites (tertiary alicyclic amines) is 4. The zero-order chi connectivity index (χ0) is 95.2. The number of benzene rings is 4. The number of nitrogens with one attached hydrogen (secondary N) is 5. The Morgan fingerprint density at radius 2 is 0.873 bits per heavy atom. The molecule has 8 atom stereocenters. The average molecular weight is 1880 g/mol. The Bertz CT molecular complexity index is 6680. The molecule has 4 aliphatic heterocycles. The molecule has 4 aromatic carbocycles. The number of ketones is 2. The van der Waals surface area contributed by atoms with Gasteiger partial charge in [-0.3, -0.25) is 38.7 Å². The van der Waals surface area contributed by atoms with Crippen molar-refractivity contribution in [2.24, 2.45) is 5.73 Å². The van der Waals surface area contributed by atoms with Crippen molar-refractivity contribution in [2.45, 2.75) is 115 Å². The molecular formula is C96H98Cl2F8N20O8. The highest BCUT2D eigenvalue weighted by Crippen LogP contribution is 2.34. The average Bonchev–Trinajstić information content (AvgIpc) is 0.804. The molecule has 0 saturated carbocycles. The van der Waals surface area contributed by atoms with E-state index in [9.17, 15) is 64.6 Å². The standard InChI is InChI=1S/C33H29F3N6O3.C18H12F2N2O3.C15H18ClFN4.C15H19FN4O.C8H5ClN2O.C7H15FN2/c1-2-41-14-11-27(26(36)19-41)40-32-17-28-24(18-38-32)30(10-12-37-28)45-31-8-3-20(15-25(31)35)16-29(43)23-9-13-39-42(33(23)44)22-6-4-21(34)5-7-22;19-12-2-4-13(5-3-12)22-18(25)14(7-8-21-22)17(24)10-11-1-6-16(23)15(20)9-11;1-2-21-6-4-13(12(17)9-21)20-15-7-14-10(8-19-15)11(16)3-5-18-14;1-2-20-6-4-12(11(16)9-20)19-15-7-13-10(8-18-15)14(21)3-5-17-13;9-8-3-6-5(4-11-8)7(12)1-2-10-6;1-2-10-4-3-7(9)6(8)5-10/h3-10,12-13,15,17-18,26-27H,2,11,14,16,19H2,1H3,(H,38,40);1-9,23H,10H2;3,5,7-8,12-13H,2,4,6,9H2,1H3,(H,19,20);3,5,7-8,11-12H,2,4,6,9H2,1H3,(H,17,21)(H,18,19);1-4H,(H,10,12);6-7H,2-5,9H2,1H3. The van der Waals surface area contributed by atoms with Gasteiger partial charge in [0.05, 0.1) is 83.9 Å². The number of hydrogen-bond donors (Lipinski definition) is 7. The summed E-state index contributed by atoms with van der Waals surface area (Å²) < 4.78 is 119. The van der Waals surface area contributed by atoms with Crippen LogP contribution < -0.4 is 48.4 Å². The van der Waals surface area contributed by atoms with Gasteiger partial charge >= 0.3 is 0 Å². The van der Waals surface area contributed by atoms with Crippen molar-refractivity contribution in [1.82, 2.24) is 79.0 Å². The predicted octanol–water partition coefficient (Wildman–Crippen LogP) is 15.0. The van der Waals surface area contributed by atoms with Crippen molar-refractivity contribution in [3.63, 3.8) is 0 Å². The summed E-state index contributed by atoms with van der Waals surface area (Å²) in [4.78, 5) is 113. The van der Waals surface area contributed by atoms with Crippen molar-refractivity contribution in [1.29, 1.82) is 0 Å². The lowest BCUT2D eigenvalue weighted by Crippen LogP contribution is -2.48. The number of carbonyl (C=O) groups excluding carboxylic acids is 2. The number of alkyl halides is 4. The Hall–Kier alpha value is -13.4. The summed E-state index contributed by atoms with van der Waals surface area (Å²) in [6, 6.07) is 32.6. The summed E-state index contributed by atoms with van der Waals surface area (Å²) in [7, 11) is 0. The van der Waals surface area contributed by atoms with E-state index in [4.69, 9.17) is 33.7 Å². The van der Waals surface area contributed by atoms with E-state index >= 15 is 4.39 Å². The zero-order valence-electron chi connectivity index (χ0n) is 73.4. The molecule has 28 nitrogen and oxygen atoms in total. The Labute approximate surface area is 773 Å². The number of aromatic amines is 2. The number of fused-ring (bicyclic) bond motifs is 4. The molecule has 0 bridgehead atoms. The fourth-order valence-corrected chi connectivity index (χ4v) is 15.8. The number of Topliss-reactive ketones (excluding diaryl/α,β-unsaturated/α-hetero) is 2. The minimum atomic E-state index is -1.02. The number of nitrogens with two attached hydrogens (primary N) is 1. The fraction of sp³-hybridized carbons (Fsp3) is 0.312. The van der Waals surface area contributed by atoms with Crippen LogP contribution in [0.1, 0.15) is 85.2 Å². The number of ether oxygens (including phenoxy) is 1. The van der Waals surface area contributed by atoms with Gasteiger partial charge in [-0.2, -0.15) is 19.6 Å². The van der Waals surface area contributed by atoms with E-state index < -0.39 is 76.4 Å². The van der Waals surface area contributed by atoms with Crippen LogP contribution in [0.2, 0.25) is 10.2 Å². The van der Waals surface area contributed by atoms with E-state index in [1.165, 1.54) is 128 Å². The molecule has 10 aromatic heterocycles. The fourth-order valence-electron chi connectivity index (χ4n) is 15.4. The van der Waals surface area contributed by atoms with Crippen LogP contribution in [0, 0.1) is 23.3 Å². The molecule has 0 aliphatic carbocycles. The summed E-state index contributed by atoms with van der Waals surface area (Å²) in [6.45, 7) is 17.1. The highest BCUT2D eigenvalue weighted by Gasteiger charge is 2.33. The van der Waals surface area contributed by atoms with E-state index in [1.54, 1.807) is 61.3 Å². The lowest BCUT2D eigenvalue weighted by molar-refractivity contribution is 0.0982. The van der Waals surface area contributed by atoms with E-state index in [-0.39, 0.29) is 64.7 Å². The second-order valence-corrected chi connectivity index (χ2v) is 32.9. The monoisotopic (exact) mass is 1880 g/mol. The summed E-state index contributed by atoms with van der Waals surface area (Å²) in [6.07, 6.45) is 14.1. The number of pyridine rings is 8. The van der Waals surface area contributed by atoms with E-state index in [0.29, 0.717) is 121 Å². The van der Waals surface area contributed by atoms with Crippen molar-refractivity contribution >= 4 is 95.8 Å². The van der Waals surface area contributed by atoms with Crippen molar-refractivity contribution in [3.05, 3.63) is 304 Å². The molecule has 14 heterocycles. The number of phenolic OH excluding ortho intramolecular Hbond substituents is 1. The van der Waals surface area contributed by atoms with Crippen molar-refractivity contribution in [2.75, 3.05) is 94.5 Å². The number of nitrogens with zero attached hydrogens (tertiary/aromatic N) is 14. The van der Waals surface area contributed by atoms with Crippen LogP contribution in [-0.4, -0.2) is 223 Å². The minimum absolute atomic E-state index is 0.0482. The van der Waals surface area contributed by atoms with Crippen LogP contribution in [0.5, 0.6) is 17.2 Å². The number of hydrogen-bond acceptors (Lipinski definition) is 24. The molecule has 4 saturated heterocycles. The van der Waals surface area contributed by atoms with Crippen molar-refractivity contribution < 1.29 is 54.6 Å². The Balaban J connectivity index is 0.000000146. The molecule has 0 spiro atoms. The number of halogens is 10. The van der Waals surface area contributed by atoms with E-state index in [1.807, 2.05) is 26.8 Å². The first-order valence-electron chi connectivity index (χ1n) is 43.5. The first kappa shape index (κ1) is 98.2. The number of H-pyrrole nitrogens is 2. The molecule has 134 heavy (non-hydrogen) atoms. The number of rotatable bonds is 20. The molecule has 4 fully saturated rings. The third-order valence-corrected chi connectivity index (χ3v) is 23.7. The third-order valence-electron chi connectivity index (χ3n) is 23.1. The lowest BCUT2D eigenvalue weighted by atomic mass is 10.0. The van der Waals surface area contributed by atoms with Crippen LogP contribution in [0.4, 0.5) is 52.6 Å². The summed E-state index contributed by atoms with van der Waals surface area (Å²) in [5.74, 6) is -2.07. The SMILES string of the molecule is CCN1CCC(N)C(F)C1.CCN1CCC(Nc2cc3[nH]ccc(=O)c3cn2)C(F)C1.CCN1CCC(Nc2cc3nccc(Cl)c3cn2)C(F)C1.CCN1CCC(Nc2cc3nccc(Oc4ccc(CC(=O)c5ccnn(-c6ccc(F)cc6)c5=O)cc4F)c3cn2)C(F)C1.O=C(Cc1ccc(O)c(F)c1)c1ccnn(-c2ccc(F)cc2)c1=O.O=c1cc[nH]c2cc(Cl)ncc12. The molecule has 8 unspecified atom stereocenters. The second-order valence-electron chi connectivity index (χ2n) is 32.1. The number of aromatic nitrogens is 12. The highest BCUT2D eigenvalue weighted by atomic mass is 35.5. The molecule has 0 radical (unpaired) electrons. The number of piperidine rings is 4. The molecule has 0 amide bonds. The zero-order valence-corrected chi connectivity index (χ0v) is 74.9. The molecule has 38 heteroatoms. The van der Waals surface area contributed by atoms with Gasteiger partial charge in [-0.05, 0) is 173 Å². The second kappa shape index (κ2) is 46.3. The molecule has 18 rings (SSSR count). The third kappa shape index (κ3) is 25.7. The molecular weight excluding hydrogens is 1780 g/mol. The number of phenols is 1. The molecule has 700 valence electrons. The van der Waals surface area contributed by atoms with Gasteiger partial charge in [-0.15, -0.1) is 0 Å². The van der Waals surface area contributed by atoms with E-state index in [2.05, 4.69) is 92.5 Å².